The summed E-state index contributed by atoms with van der Waals surface area (Å²) < 4.78 is 0. The van der Waals surface area contributed by atoms with Crippen LogP contribution in [0, 0.1) is 12.8 Å². The van der Waals surface area contributed by atoms with Crippen molar-refractivity contribution in [2.45, 2.75) is 40.2 Å². The zero-order chi connectivity index (χ0) is 12.0. The van der Waals surface area contributed by atoms with Crippen molar-refractivity contribution in [3.63, 3.8) is 0 Å². The van der Waals surface area contributed by atoms with Crippen LogP contribution in [-0.2, 0) is 11.3 Å². The number of hydrogen-bond donors (Lipinski definition) is 1. The van der Waals surface area contributed by atoms with Crippen LogP contribution in [0.15, 0.2) is 18.2 Å². The van der Waals surface area contributed by atoms with Gasteiger partial charge in [0.15, 0.2) is 0 Å². The zero-order valence-corrected chi connectivity index (χ0v) is 10.3. The smallest absolute Gasteiger partial charge is 0.223 e. The first-order valence-electron chi connectivity index (χ1n) is 5.87. The summed E-state index contributed by atoms with van der Waals surface area (Å²) in [5, 5.41) is 2.93. The molecule has 1 amide bonds. The van der Waals surface area contributed by atoms with Crippen molar-refractivity contribution in [1.82, 2.24) is 10.3 Å². The van der Waals surface area contributed by atoms with Gasteiger partial charge < -0.3 is 5.32 Å². The molecule has 1 heterocycles. The SMILES string of the molecule is CCC(CC)C(=O)NCc1cccc(C)n1. The number of nitrogens with zero attached hydrogens (tertiary/aromatic N) is 1. The molecule has 0 aliphatic rings. The van der Waals surface area contributed by atoms with Gasteiger partial charge in [-0.25, -0.2) is 0 Å². The van der Waals surface area contributed by atoms with Gasteiger partial charge in [-0.1, -0.05) is 19.9 Å². The molecule has 1 aromatic rings. The molecule has 0 radical (unpaired) electrons. The Morgan fingerprint density at radius 2 is 2.06 bits per heavy atom. The predicted molar refractivity (Wildman–Crippen MR) is 64.9 cm³/mol. The molecule has 0 spiro atoms. The maximum Gasteiger partial charge on any atom is 0.223 e. The molecule has 0 aliphatic heterocycles. The molecule has 1 rings (SSSR count). The van der Waals surface area contributed by atoms with E-state index in [0.717, 1.165) is 24.2 Å². The van der Waals surface area contributed by atoms with Gasteiger partial charge in [-0.2, -0.15) is 0 Å². The summed E-state index contributed by atoms with van der Waals surface area (Å²) in [5.41, 5.74) is 1.90. The van der Waals surface area contributed by atoms with Crippen LogP contribution in [0.3, 0.4) is 0 Å². The second-order valence-electron chi connectivity index (χ2n) is 4.00. The molecule has 3 heteroatoms. The largest absolute Gasteiger partial charge is 0.350 e. The van der Waals surface area contributed by atoms with E-state index in [1.54, 1.807) is 0 Å². The summed E-state index contributed by atoms with van der Waals surface area (Å²) in [6.45, 7) is 6.56. The summed E-state index contributed by atoms with van der Waals surface area (Å²) >= 11 is 0. The summed E-state index contributed by atoms with van der Waals surface area (Å²) in [4.78, 5) is 16.1. The Kier molecular flexibility index (Phi) is 4.96. The molecule has 0 atom stereocenters. The van der Waals surface area contributed by atoms with Gasteiger partial charge in [0.25, 0.3) is 0 Å². The third-order valence-electron chi connectivity index (χ3n) is 2.75. The highest BCUT2D eigenvalue weighted by Crippen LogP contribution is 2.07. The maximum atomic E-state index is 11.7. The van der Waals surface area contributed by atoms with Crippen LogP contribution in [0.4, 0.5) is 0 Å². The maximum absolute atomic E-state index is 11.7. The molecule has 0 unspecified atom stereocenters. The number of nitrogens with one attached hydrogen (secondary N) is 1. The van der Waals surface area contributed by atoms with Crippen LogP contribution in [0.1, 0.15) is 38.1 Å². The van der Waals surface area contributed by atoms with Crippen molar-refractivity contribution >= 4 is 5.91 Å². The Bertz CT molecular complexity index is 346. The van der Waals surface area contributed by atoms with Crippen LogP contribution in [-0.4, -0.2) is 10.9 Å². The summed E-state index contributed by atoms with van der Waals surface area (Å²) in [6, 6.07) is 5.84. The van der Waals surface area contributed by atoms with E-state index >= 15 is 0 Å². The monoisotopic (exact) mass is 220 g/mol. The third-order valence-corrected chi connectivity index (χ3v) is 2.75. The molecule has 0 saturated heterocycles. The second-order valence-corrected chi connectivity index (χ2v) is 4.00. The number of carbonyl (C=O) groups is 1. The molecule has 88 valence electrons. The average molecular weight is 220 g/mol. The molecular weight excluding hydrogens is 200 g/mol. The van der Waals surface area contributed by atoms with Crippen LogP contribution in [0.2, 0.25) is 0 Å². The highest BCUT2D eigenvalue weighted by Gasteiger charge is 2.13. The minimum Gasteiger partial charge on any atom is -0.350 e. The fourth-order valence-electron chi connectivity index (χ4n) is 1.68. The van der Waals surface area contributed by atoms with E-state index in [1.165, 1.54) is 0 Å². The lowest BCUT2D eigenvalue weighted by Gasteiger charge is -2.12. The lowest BCUT2D eigenvalue weighted by atomic mass is 10.0. The first kappa shape index (κ1) is 12.7. The third kappa shape index (κ3) is 3.65. The molecule has 0 aliphatic carbocycles. The fraction of sp³-hybridized carbons (Fsp3) is 0.538. The first-order chi connectivity index (χ1) is 7.67. The van der Waals surface area contributed by atoms with Crippen molar-refractivity contribution in [3.05, 3.63) is 29.6 Å². The Morgan fingerprint density at radius 3 is 2.62 bits per heavy atom. The quantitative estimate of drug-likeness (QED) is 0.828. The van der Waals surface area contributed by atoms with E-state index in [9.17, 15) is 4.79 Å². The number of aryl methyl sites for hydroxylation is 1. The van der Waals surface area contributed by atoms with Gasteiger partial charge in [-0.05, 0) is 31.9 Å². The predicted octanol–water partition coefficient (Wildman–Crippen LogP) is 2.44. The Labute approximate surface area is 97.3 Å². The van der Waals surface area contributed by atoms with Gasteiger partial charge in [0.1, 0.15) is 0 Å². The highest BCUT2D eigenvalue weighted by molar-refractivity contribution is 5.78. The van der Waals surface area contributed by atoms with E-state index in [4.69, 9.17) is 0 Å². The Morgan fingerprint density at radius 1 is 1.38 bits per heavy atom. The number of hydrogen-bond acceptors (Lipinski definition) is 2. The van der Waals surface area contributed by atoms with Gasteiger partial charge in [-0.3, -0.25) is 9.78 Å². The van der Waals surface area contributed by atoms with Gasteiger partial charge in [-0.15, -0.1) is 0 Å². The summed E-state index contributed by atoms with van der Waals surface area (Å²) in [5.74, 6) is 0.262. The van der Waals surface area contributed by atoms with E-state index in [-0.39, 0.29) is 11.8 Å². The van der Waals surface area contributed by atoms with Gasteiger partial charge >= 0.3 is 0 Å². The van der Waals surface area contributed by atoms with Crippen molar-refractivity contribution < 1.29 is 4.79 Å². The number of pyridine rings is 1. The van der Waals surface area contributed by atoms with Crippen LogP contribution >= 0.6 is 0 Å². The highest BCUT2D eigenvalue weighted by atomic mass is 16.1. The lowest BCUT2D eigenvalue weighted by molar-refractivity contribution is -0.125. The van der Waals surface area contributed by atoms with E-state index in [1.807, 2.05) is 39.0 Å². The average Bonchev–Trinajstić information content (AvgIpc) is 2.28. The summed E-state index contributed by atoms with van der Waals surface area (Å²) in [6.07, 6.45) is 1.78. The Hall–Kier alpha value is -1.38. The number of carbonyl (C=O) groups excluding carboxylic acids is 1. The van der Waals surface area contributed by atoms with Crippen LogP contribution < -0.4 is 5.32 Å². The van der Waals surface area contributed by atoms with E-state index in [0.29, 0.717) is 6.54 Å². The molecule has 0 fully saturated rings. The summed E-state index contributed by atoms with van der Waals surface area (Å²) in [7, 11) is 0. The number of amides is 1. The van der Waals surface area contributed by atoms with Gasteiger partial charge in [0.05, 0.1) is 12.2 Å². The molecule has 16 heavy (non-hydrogen) atoms. The van der Waals surface area contributed by atoms with Gasteiger partial charge in [0, 0.05) is 11.6 Å². The normalized spacial score (nSPS) is 10.5. The van der Waals surface area contributed by atoms with Crippen molar-refractivity contribution in [2.24, 2.45) is 5.92 Å². The minimum atomic E-state index is 0.129. The van der Waals surface area contributed by atoms with Crippen molar-refractivity contribution in [3.8, 4) is 0 Å². The number of rotatable bonds is 5. The molecular formula is C13H20N2O. The van der Waals surface area contributed by atoms with E-state index < -0.39 is 0 Å². The molecule has 3 nitrogen and oxygen atoms in total. The standard InChI is InChI=1S/C13H20N2O/c1-4-11(5-2)13(16)14-9-12-8-6-7-10(3)15-12/h6-8,11H,4-5,9H2,1-3H3,(H,14,16). The molecule has 1 N–H and O–H groups in total. The molecule has 0 bridgehead atoms. The first-order valence-corrected chi connectivity index (χ1v) is 5.87. The van der Waals surface area contributed by atoms with Crippen molar-refractivity contribution in [2.75, 3.05) is 0 Å². The molecule has 0 saturated carbocycles. The van der Waals surface area contributed by atoms with Crippen molar-refractivity contribution in [1.29, 1.82) is 0 Å². The topological polar surface area (TPSA) is 42.0 Å². The molecule has 0 aromatic carbocycles. The van der Waals surface area contributed by atoms with Crippen LogP contribution in [0.25, 0.3) is 0 Å². The zero-order valence-electron chi connectivity index (χ0n) is 10.3. The second kappa shape index (κ2) is 6.26. The Balaban J connectivity index is 2.48. The lowest BCUT2D eigenvalue weighted by Crippen LogP contribution is -2.29. The molecule has 1 aromatic heterocycles. The fourth-order valence-corrected chi connectivity index (χ4v) is 1.68. The van der Waals surface area contributed by atoms with Crippen LogP contribution in [0.5, 0.6) is 0 Å². The number of aromatic nitrogens is 1. The van der Waals surface area contributed by atoms with E-state index in [2.05, 4.69) is 10.3 Å². The minimum absolute atomic E-state index is 0.129. The van der Waals surface area contributed by atoms with Gasteiger partial charge in [0.2, 0.25) is 5.91 Å².